The Morgan fingerprint density at radius 3 is 2.09 bits per heavy atom. The van der Waals surface area contributed by atoms with E-state index in [9.17, 15) is 18.0 Å². The van der Waals surface area contributed by atoms with Gasteiger partial charge in [0, 0.05) is 24.0 Å². The van der Waals surface area contributed by atoms with E-state index >= 15 is 0 Å². The molecule has 0 spiro atoms. The van der Waals surface area contributed by atoms with Gasteiger partial charge in [-0.25, -0.2) is 8.42 Å². The monoisotopic (exact) mass is 645 g/mol. The molecule has 0 heterocycles. The van der Waals surface area contributed by atoms with Crippen LogP contribution in [-0.2, 0) is 32.6 Å². The number of hydrogen-bond acceptors (Lipinski definition) is 4. The molecule has 0 radical (unpaired) electrons. The molecule has 0 bridgehead atoms. The standard InChI is InChI=1S/C36H40ClN3O4S/c1-5-28(4)38-36(42)34(23-29-12-7-6-8-13-29)39(24-30-14-10-9-11-27(30)3)35(41)25-40(32-19-17-31(37)18-20-32)45(43,44)33-21-15-26(2)16-22-33/h6-22,28,34H,5,23-25H2,1-4H3,(H,38,42)/t28-,34+/m1/s1. The van der Waals surface area contributed by atoms with Crippen molar-refractivity contribution < 1.29 is 18.0 Å². The quantitative estimate of drug-likeness (QED) is 0.175. The van der Waals surface area contributed by atoms with Gasteiger partial charge in [0.15, 0.2) is 0 Å². The lowest BCUT2D eigenvalue weighted by Gasteiger charge is -2.34. The van der Waals surface area contributed by atoms with E-state index in [2.05, 4.69) is 5.32 Å². The van der Waals surface area contributed by atoms with E-state index in [0.717, 1.165) is 26.6 Å². The molecule has 9 heteroatoms. The minimum absolute atomic E-state index is 0.0525. The van der Waals surface area contributed by atoms with Gasteiger partial charge >= 0.3 is 0 Å². The zero-order chi connectivity index (χ0) is 32.6. The molecule has 4 aromatic carbocycles. The molecule has 0 saturated heterocycles. The van der Waals surface area contributed by atoms with E-state index in [0.29, 0.717) is 11.4 Å². The summed E-state index contributed by atoms with van der Waals surface area (Å²) >= 11 is 6.15. The lowest BCUT2D eigenvalue weighted by atomic mass is 10.0. The smallest absolute Gasteiger partial charge is 0.264 e. The van der Waals surface area contributed by atoms with Gasteiger partial charge in [0.2, 0.25) is 11.8 Å². The number of amides is 2. The molecule has 0 aliphatic heterocycles. The largest absolute Gasteiger partial charge is 0.352 e. The van der Waals surface area contributed by atoms with Gasteiger partial charge < -0.3 is 10.2 Å². The number of sulfonamides is 1. The minimum atomic E-state index is -4.18. The second-order valence-corrected chi connectivity index (χ2v) is 13.6. The number of rotatable bonds is 13. The molecular weight excluding hydrogens is 606 g/mol. The number of hydrogen-bond donors (Lipinski definition) is 1. The predicted molar refractivity (Wildman–Crippen MR) is 181 cm³/mol. The third-order valence-electron chi connectivity index (χ3n) is 7.88. The summed E-state index contributed by atoms with van der Waals surface area (Å²) in [6.45, 7) is 7.32. The number of anilines is 1. The van der Waals surface area contributed by atoms with Crippen LogP contribution in [-0.4, -0.2) is 43.8 Å². The van der Waals surface area contributed by atoms with E-state index in [1.165, 1.54) is 17.0 Å². The highest BCUT2D eigenvalue weighted by Crippen LogP contribution is 2.27. The molecule has 45 heavy (non-hydrogen) atoms. The first-order valence-corrected chi connectivity index (χ1v) is 16.8. The van der Waals surface area contributed by atoms with Gasteiger partial charge in [0.05, 0.1) is 10.6 Å². The van der Waals surface area contributed by atoms with Gasteiger partial charge in [0.25, 0.3) is 10.0 Å². The number of nitrogens with zero attached hydrogens (tertiary/aromatic N) is 2. The number of benzene rings is 4. The van der Waals surface area contributed by atoms with Crippen LogP contribution in [0.5, 0.6) is 0 Å². The number of nitrogens with one attached hydrogen (secondary N) is 1. The number of aryl methyl sites for hydroxylation is 2. The summed E-state index contributed by atoms with van der Waals surface area (Å²) in [6.07, 6.45) is 0.973. The summed E-state index contributed by atoms with van der Waals surface area (Å²) in [6, 6.07) is 29.0. The third-order valence-corrected chi connectivity index (χ3v) is 9.92. The summed E-state index contributed by atoms with van der Waals surface area (Å²) in [5.74, 6) is -0.807. The Hall–Kier alpha value is -4.14. The predicted octanol–water partition coefficient (Wildman–Crippen LogP) is 6.71. The van der Waals surface area contributed by atoms with E-state index in [-0.39, 0.29) is 35.5 Å². The number of carbonyl (C=O) groups excluding carboxylic acids is 2. The summed E-state index contributed by atoms with van der Waals surface area (Å²) < 4.78 is 29.3. The maximum atomic E-state index is 14.5. The highest BCUT2D eigenvalue weighted by atomic mass is 35.5. The highest BCUT2D eigenvalue weighted by Gasteiger charge is 2.35. The fourth-order valence-electron chi connectivity index (χ4n) is 4.94. The second kappa shape index (κ2) is 15.2. The van der Waals surface area contributed by atoms with Gasteiger partial charge in [-0.15, -0.1) is 0 Å². The molecule has 4 rings (SSSR count). The van der Waals surface area contributed by atoms with Crippen LogP contribution in [0.15, 0.2) is 108 Å². The fourth-order valence-corrected chi connectivity index (χ4v) is 6.48. The van der Waals surface area contributed by atoms with E-state index in [1.807, 2.05) is 82.3 Å². The normalized spacial score (nSPS) is 12.6. The van der Waals surface area contributed by atoms with Gasteiger partial charge in [0.1, 0.15) is 12.6 Å². The molecule has 236 valence electrons. The fraction of sp³-hybridized carbons (Fsp3) is 0.278. The molecule has 0 saturated carbocycles. The van der Waals surface area contributed by atoms with Crippen LogP contribution < -0.4 is 9.62 Å². The van der Waals surface area contributed by atoms with Crippen LogP contribution in [0.4, 0.5) is 5.69 Å². The molecule has 0 fully saturated rings. The Balaban J connectivity index is 1.81. The Labute approximate surface area is 271 Å². The Morgan fingerprint density at radius 2 is 1.47 bits per heavy atom. The van der Waals surface area contributed by atoms with Crippen molar-refractivity contribution in [3.05, 3.63) is 130 Å². The summed E-state index contributed by atoms with van der Waals surface area (Å²) in [5.41, 5.74) is 3.89. The van der Waals surface area contributed by atoms with Crippen molar-refractivity contribution in [3.63, 3.8) is 0 Å². The average Bonchev–Trinajstić information content (AvgIpc) is 3.03. The summed E-state index contributed by atoms with van der Waals surface area (Å²) in [5, 5.41) is 3.49. The van der Waals surface area contributed by atoms with Crippen LogP contribution >= 0.6 is 11.6 Å². The Kier molecular flexibility index (Phi) is 11.4. The lowest BCUT2D eigenvalue weighted by molar-refractivity contribution is -0.140. The summed E-state index contributed by atoms with van der Waals surface area (Å²) in [7, 11) is -4.18. The van der Waals surface area contributed by atoms with Crippen LogP contribution in [0.1, 0.15) is 42.5 Å². The van der Waals surface area contributed by atoms with Crippen molar-refractivity contribution in [2.45, 2.75) is 64.1 Å². The molecule has 2 atom stereocenters. The maximum Gasteiger partial charge on any atom is 0.264 e. The minimum Gasteiger partial charge on any atom is -0.352 e. The summed E-state index contributed by atoms with van der Waals surface area (Å²) in [4.78, 5) is 30.0. The van der Waals surface area contributed by atoms with Crippen LogP contribution in [0, 0.1) is 13.8 Å². The third kappa shape index (κ3) is 8.74. The topological polar surface area (TPSA) is 86.8 Å². The van der Waals surface area contributed by atoms with Gasteiger partial charge in [-0.1, -0.05) is 90.8 Å². The Morgan fingerprint density at radius 1 is 0.844 bits per heavy atom. The van der Waals surface area contributed by atoms with E-state index in [1.54, 1.807) is 36.4 Å². The van der Waals surface area contributed by atoms with Crippen molar-refractivity contribution in [2.75, 3.05) is 10.8 Å². The van der Waals surface area contributed by atoms with Crippen LogP contribution in [0.2, 0.25) is 5.02 Å². The molecule has 2 amide bonds. The van der Waals surface area contributed by atoms with E-state index in [4.69, 9.17) is 11.6 Å². The number of carbonyl (C=O) groups is 2. The first-order valence-electron chi connectivity index (χ1n) is 15.0. The average molecular weight is 646 g/mol. The van der Waals surface area contributed by atoms with Gasteiger partial charge in [-0.05, 0) is 80.3 Å². The van der Waals surface area contributed by atoms with E-state index < -0.39 is 28.5 Å². The first-order chi connectivity index (χ1) is 21.5. The van der Waals surface area contributed by atoms with Crippen LogP contribution in [0.25, 0.3) is 0 Å². The van der Waals surface area contributed by atoms with Gasteiger partial charge in [-0.3, -0.25) is 13.9 Å². The van der Waals surface area contributed by atoms with Crippen molar-refractivity contribution in [3.8, 4) is 0 Å². The van der Waals surface area contributed by atoms with Gasteiger partial charge in [-0.2, -0.15) is 0 Å². The zero-order valence-electron chi connectivity index (χ0n) is 26.1. The highest BCUT2D eigenvalue weighted by molar-refractivity contribution is 7.92. The molecular formula is C36H40ClN3O4S. The van der Waals surface area contributed by atoms with Crippen molar-refractivity contribution in [1.29, 1.82) is 0 Å². The molecule has 4 aromatic rings. The molecule has 0 aromatic heterocycles. The zero-order valence-corrected chi connectivity index (χ0v) is 27.7. The Bertz CT molecular complexity index is 1690. The van der Waals surface area contributed by atoms with Crippen LogP contribution in [0.3, 0.4) is 0 Å². The van der Waals surface area contributed by atoms with Crippen molar-refractivity contribution >= 4 is 39.1 Å². The molecule has 0 aliphatic rings. The molecule has 1 N–H and O–H groups in total. The van der Waals surface area contributed by atoms with Crippen molar-refractivity contribution in [2.24, 2.45) is 0 Å². The first kappa shape index (κ1) is 33.7. The lowest BCUT2D eigenvalue weighted by Crippen LogP contribution is -2.54. The molecule has 0 aliphatic carbocycles. The second-order valence-electron chi connectivity index (χ2n) is 11.3. The number of halogens is 1. The maximum absolute atomic E-state index is 14.5. The van der Waals surface area contributed by atoms with Crippen molar-refractivity contribution in [1.82, 2.24) is 10.2 Å². The molecule has 0 unspecified atom stereocenters. The SMILES string of the molecule is CC[C@@H](C)NC(=O)[C@H](Cc1ccccc1)N(Cc1ccccc1C)C(=O)CN(c1ccc(Cl)cc1)S(=O)(=O)c1ccc(C)cc1. The molecule has 7 nitrogen and oxygen atoms in total.